The van der Waals surface area contributed by atoms with Gasteiger partial charge in [0, 0.05) is 11.4 Å². The molecule has 1 atom stereocenters. The van der Waals surface area contributed by atoms with E-state index in [9.17, 15) is 14.4 Å². The molecule has 0 aliphatic rings. The van der Waals surface area contributed by atoms with Crippen molar-refractivity contribution >= 4 is 23.2 Å². The van der Waals surface area contributed by atoms with Gasteiger partial charge >= 0.3 is 16.8 Å². The lowest BCUT2D eigenvalue weighted by molar-refractivity contribution is 0.523. The molecule has 2 N–H and O–H groups in total. The van der Waals surface area contributed by atoms with Gasteiger partial charge in [-0.25, -0.2) is 9.48 Å². The molecule has 1 unspecified atom stereocenters. The van der Waals surface area contributed by atoms with Crippen LogP contribution in [0.5, 0.6) is 0 Å². The predicted molar refractivity (Wildman–Crippen MR) is 72.0 cm³/mol. The zero-order valence-corrected chi connectivity index (χ0v) is 11.0. The number of nitrogens with one attached hydrogen (secondary N) is 2. The number of benzene rings is 1. The Morgan fingerprint density at radius 2 is 1.74 bits per heavy atom. The Kier molecular flexibility index (Phi) is 3.92. The molecule has 0 aliphatic carbocycles. The molecule has 0 spiro atoms. The summed E-state index contributed by atoms with van der Waals surface area (Å²) in [6, 6.07) is 6.90. The Bertz CT molecular complexity index is 745. The van der Waals surface area contributed by atoms with E-state index >= 15 is 0 Å². The van der Waals surface area contributed by atoms with E-state index < -0.39 is 22.3 Å². The zero-order chi connectivity index (χ0) is 14.0. The van der Waals surface area contributed by atoms with E-state index in [1.54, 1.807) is 24.3 Å². The van der Waals surface area contributed by atoms with Crippen LogP contribution in [0.15, 0.2) is 38.6 Å². The Morgan fingerprint density at radius 3 is 2.37 bits per heavy atom. The van der Waals surface area contributed by atoms with Gasteiger partial charge in [0.2, 0.25) is 0 Å². The molecule has 2 aromatic rings. The molecule has 0 saturated carbocycles. The van der Waals surface area contributed by atoms with Gasteiger partial charge in [0.1, 0.15) is 5.50 Å². The van der Waals surface area contributed by atoms with Crippen molar-refractivity contribution in [3.8, 4) is 0 Å². The number of H-pyrrole nitrogens is 2. The normalized spacial score (nSPS) is 12.3. The maximum absolute atomic E-state index is 11.5. The van der Waals surface area contributed by atoms with Gasteiger partial charge in [-0.2, -0.15) is 0 Å². The number of aromatic amines is 2. The van der Waals surface area contributed by atoms with Crippen molar-refractivity contribution < 1.29 is 0 Å². The fourth-order valence-electron chi connectivity index (χ4n) is 1.53. The maximum atomic E-state index is 11.5. The largest absolute Gasteiger partial charge is 0.344 e. The summed E-state index contributed by atoms with van der Waals surface area (Å²) < 4.78 is 0.875. The van der Waals surface area contributed by atoms with Crippen LogP contribution < -0.4 is 16.8 Å². The van der Waals surface area contributed by atoms with Crippen LogP contribution in [0.3, 0.4) is 0 Å². The number of halogens is 2. The molecule has 0 amide bonds. The fourth-order valence-corrected chi connectivity index (χ4v) is 1.97. The highest BCUT2D eigenvalue weighted by Crippen LogP contribution is 2.17. The molecule has 8 heteroatoms. The van der Waals surface area contributed by atoms with Gasteiger partial charge in [-0.15, -0.1) is 0 Å². The molecular weight excluding hydrogens is 293 g/mol. The lowest BCUT2D eigenvalue weighted by atomic mass is 10.1. The first-order valence-corrected chi connectivity index (χ1v) is 6.12. The molecule has 0 fully saturated rings. The van der Waals surface area contributed by atoms with E-state index in [-0.39, 0.29) is 0 Å². The predicted octanol–water partition coefficient (Wildman–Crippen LogP) is 0.858. The van der Waals surface area contributed by atoms with E-state index in [4.69, 9.17) is 23.2 Å². The molecule has 6 nitrogen and oxygen atoms in total. The summed E-state index contributed by atoms with van der Waals surface area (Å²) in [6.45, 7) is 0. The van der Waals surface area contributed by atoms with Gasteiger partial charge in [0.25, 0.3) is 0 Å². The average Bonchev–Trinajstić information content (AvgIpc) is 2.36. The van der Waals surface area contributed by atoms with Crippen LogP contribution in [0.2, 0.25) is 5.02 Å². The van der Waals surface area contributed by atoms with Crippen LogP contribution >= 0.6 is 23.2 Å². The molecule has 1 heterocycles. The van der Waals surface area contributed by atoms with Crippen molar-refractivity contribution in [1.29, 1.82) is 0 Å². The molecule has 0 aliphatic heterocycles. The van der Waals surface area contributed by atoms with Crippen LogP contribution in [0.25, 0.3) is 0 Å². The van der Waals surface area contributed by atoms with Gasteiger partial charge in [0.15, 0.2) is 0 Å². The molecule has 2 rings (SSSR count). The summed E-state index contributed by atoms with van der Waals surface area (Å²) >= 11 is 11.8. The third-order valence-electron chi connectivity index (χ3n) is 2.47. The monoisotopic (exact) mass is 301 g/mol. The smallest absolute Gasteiger partial charge is 0.268 e. The van der Waals surface area contributed by atoms with Crippen molar-refractivity contribution in [2.24, 2.45) is 0 Å². The summed E-state index contributed by atoms with van der Waals surface area (Å²) in [6.07, 6.45) is 0.292. The lowest BCUT2D eigenvalue weighted by Gasteiger charge is -2.11. The summed E-state index contributed by atoms with van der Waals surface area (Å²) in [4.78, 5) is 35.5. The highest BCUT2D eigenvalue weighted by Gasteiger charge is 2.12. The number of nitrogens with zero attached hydrogens (tertiary/aromatic N) is 1. The van der Waals surface area contributed by atoms with Crippen LogP contribution in [-0.4, -0.2) is 14.8 Å². The fraction of sp³-hybridized carbons (Fsp3) is 0.182. The second-order valence-electron chi connectivity index (χ2n) is 3.84. The Morgan fingerprint density at radius 1 is 1.11 bits per heavy atom. The highest BCUT2D eigenvalue weighted by molar-refractivity contribution is 6.30. The standard InChI is InChI=1S/C11H9Cl2N3O3/c12-7-3-1-6(2-4-7)5-8(13)16-11(19)14-9(17)10(18)15-16/h1-4,8H,5H2,(H,15,18)(H,14,17,19). The first-order valence-electron chi connectivity index (χ1n) is 5.31. The van der Waals surface area contributed by atoms with Gasteiger partial charge in [-0.05, 0) is 17.7 Å². The first kappa shape index (κ1) is 13.6. The topological polar surface area (TPSA) is 87.7 Å². The van der Waals surface area contributed by atoms with Crippen LogP contribution in [0, 0.1) is 0 Å². The summed E-state index contributed by atoms with van der Waals surface area (Å²) in [5.74, 6) is 0. The minimum Gasteiger partial charge on any atom is -0.268 e. The molecular formula is C11H9Cl2N3O3. The Labute approximate surface area is 116 Å². The zero-order valence-electron chi connectivity index (χ0n) is 9.52. The number of alkyl halides is 1. The molecule has 1 aromatic heterocycles. The van der Waals surface area contributed by atoms with Crippen LogP contribution in [-0.2, 0) is 6.42 Å². The Hall–Kier alpha value is -1.79. The number of aromatic nitrogens is 3. The van der Waals surface area contributed by atoms with Crippen molar-refractivity contribution in [3.05, 3.63) is 66.0 Å². The molecule has 0 bridgehead atoms. The number of rotatable bonds is 3. The molecule has 100 valence electrons. The van der Waals surface area contributed by atoms with Crippen molar-refractivity contribution in [3.63, 3.8) is 0 Å². The molecule has 19 heavy (non-hydrogen) atoms. The van der Waals surface area contributed by atoms with Crippen molar-refractivity contribution in [2.45, 2.75) is 11.9 Å². The van der Waals surface area contributed by atoms with E-state index in [1.165, 1.54) is 0 Å². The average molecular weight is 302 g/mol. The first-order chi connectivity index (χ1) is 8.97. The second-order valence-corrected chi connectivity index (χ2v) is 4.78. The summed E-state index contributed by atoms with van der Waals surface area (Å²) in [7, 11) is 0. The van der Waals surface area contributed by atoms with Gasteiger partial charge in [0.05, 0.1) is 0 Å². The van der Waals surface area contributed by atoms with E-state index in [0.717, 1.165) is 10.2 Å². The molecule has 0 radical (unpaired) electrons. The van der Waals surface area contributed by atoms with E-state index in [2.05, 4.69) is 5.10 Å². The van der Waals surface area contributed by atoms with Crippen LogP contribution in [0.4, 0.5) is 0 Å². The minimum atomic E-state index is -1.00. The van der Waals surface area contributed by atoms with Gasteiger partial charge in [-0.1, -0.05) is 35.3 Å². The number of hydrogen-bond acceptors (Lipinski definition) is 3. The van der Waals surface area contributed by atoms with Crippen molar-refractivity contribution in [1.82, 2.24) is 14.8 Å². The SMILES string of the molecule is O=c1[nH]c(=O)n(C(Cl)Cc2ccc(Cl)cc2)[nH]c1=O. The van der Waals surface area contributed by atoms with Crippen LogP contribution in [0.1, 0.15) is 11.1 Å². The lowest BCUT2D eigenvalue weighted by Crippen LogP contribution is -2.43. The van der Waals surface area contributed by atoms with Gasteiger partial charge in [-0.3, -0.25) is 19.7 Å². The molecule has 1 aromatic carbocycles. The number of hydrogen-bond donors (Lipinski definition) is 2. The van der Waals surface area contributed by atoms with E-state index in [0.29, 0.717) is 11.4 Å². The van der Waals surface area contributed by atoms with Gasteiger partial charge < -0.3 is 0 Å². The Balaban J connectivity index is 2.30. The van der Waals surface area contributed by atoms with E-state index in [1.807, 2.05) is 4.98 Å². The third kappa shape index (κ3) is 3.15. The maximum Gasteiger partial charge on any atom is 0.344 e. The summed E-state index contributed by atoms with van der Waals surface area (Å²) in [5, 5.41) is 2.71. The second kappa shape index (κ2) is 5.46. The minimum absolute atomic E-state index is 0.292. The third-order valence-corrected chi connectivity index (χ3v) is 3.07. The molecule has 0 saturated heterocycles. The quantitative estimate of drug-likeness (QED) is 0.651. The highest BCUT2D eigenvalue weighted by atomic mass is 35.5. The van der Waals surface area contributed by atoms with Crippen molar-refractivity contribution in [2.75, 3.05) is 0 Å². The summed E-state index contributed by atoms with van der Waals surface area (Å²) in [5.41, 5.74) is -2.68.